The second-order valence-corrected chi connectivity index (χ2v) is 3.96. The molecule has 1 fully saturated rings. The number of hydrogen-bond acceptors (Lipinski definition) is 3. The van der Waals surface area contributed by atoms with E-state index >= 15 is 0 Å². The lowest BCUT2D eigenvalue weighted by atomic mass is 10.2. The number of nitrogens with zero attached hydrogens (tertiary/aromatic N) is 1. The summed E-state index contributed by atoms with van der Waals surface area (Å²) in [6.45, 7) is 4.33. The van der Waals surface area contributed by atoms with Gasteiger partial charge in [0.2, 0.25) is 0 Å². The van der Waals surface area contributed by atoms with Crippen molar-refractivity contribution in [3.63, 3.8) is 0 Å². The van der Waals surface area contributed by atoms with E-state index in [0.29, 0.717) is 6.61 Å². The van der Waals surface area contributed by atoms with Crippen molar-refractivity contribution in [1.29, 1.82) is 0 Å². The highest BCUT2D eigenvalue weighted by molar-refractivity contribution is 5.77. The fourth-order valence-electron chi connectivity index (χ4n) is 1.79. The highest BCUT2D eigenvalue weighted by atomic mass is 16.5. The molecular weight excluding hydrogens is 190 g/mol. The van der Waals surface area contributed by atoms with Gasteiger partial charge in [0.25, 0.3) is 0 Å². The molecule has 2 rings (SSSR count). The van der Waals surface area contributed by atoms with Gasteiger partial charge in [-0.2, -0.15) is 0 Å². The zero-order chi connectivity index (χ0) is 10.8. The second-order valence-electron chi connectivity index (χ2n) is 3.96. The molecule has 1 aliphatic carbocycles. The summed E-state index contributed by atoms with van der Waals surface area (Å²) in [7, 11) is 0. The summed E-state index contributed by atoms with van der Waals surface area (Å²) in [5, 5.41) is 0. The number of aromatic nitrogens is 1. The third-order valence-corrected chi connectivity index (χ3v) is 2.70. The van der Waals surface area contributed by atoms with Crippen molar-refractivity contribution in [2.75, 3.05) is 6.61 Å². The molecule has 0 N–H and O–H groups in total. The summed E-state index contributed by atoms with van der Waals surface area (Å²) < 4.78 is 4.98. The minimum absolute atomic E-state index is 0.0410. The molecule has 1 saturated carbocycles. The van der Waals surface area contributed by atoms with E-state index in [4.69, 9.17) is 4.74 Å². The van der Waals surface area contributed by atoms with Gasteiger partial charge in [-0.3, -0.25) is 9.78 Å². The molecule has 0 radical (unpaired) electrons. The number of carbonyl (C=O) groups excluding carboxylic acids is 1. The number of pyridine rings is 1. The minimum Gasteiger partial charge on any atom is -0.466 e. The summed E-state index contributed by atoms with van der Waals surface area (Å²) in [6, 6.07) is 4.01. The monoisotopic (exact) mass is 205 g/mol. The van der Waals surface area contributed by atoms with Gasteiger partial charge in [0.05, 0.1) is 12.5 Å². The molecule has 3 heteroatoms. The Bertz CT molecular complexity index is 376. The maximum atomic E-state index is 11.4. The molecule has 2 atom stereocenters. The lowest BCUT2D eigenvalue weighted by Gasteiger charge is -2.01. The number of esters is 1. The fourth-order valence-corrected chi connectivity index (χ4v) is 1.79. The van der Waals surface area contributed by atoms with Gasteiger partial charge in [-0.1, -0.05) is 0 Å². The quantitative estimate of drug-likeness (QED) is 0.709. The van der Waals surface area contributed by atoms with Crippen LogP contribution in [-0.4, -0.2) is 17.6 Å². The van der Waals surface area contributed by atoms with Gasteiger partial charge in [-0.25, -0.2) is 0 Å². The van der Waals surface area contributed by atoms with Crippen LogP contribution in [0.1, 0.15) is 30.5 Å². The van der Waals surface area contributed by atoms with E-state index in [0.717, 1.165) is 12.1 Å². The average molecular weight is 205 g/mol. The van der Waals surface area contributed by atoms with Crippen molar-refractivity contribution in [3.05, 3.63) is 29.6 Å². The van der Waals surface area contributed by atoms with Crippen LogP contribution in [0.2, 0.25) is 0 Å². The molecule has 3 nitrogen and oxygen atoms in total. The smallest absolute Gasteiger partial charge is 0.309 e. The SMILES string of the molecule is CCOC(=O)C1CC1c1cc(C)ccn1. The molecule has 1 aliphatic rings. The molecule has 2 unspecified atom stereocenters. The Kier molecular flexibility index (Phi) is 2.71. The van der Waals surface area contributed by atoms with Gasteiger partial charge >= 0.3 is 5.97 Å². The Balaban J connectivity index is 2.01. The molecule has 1 aromatic rings. The van der Waals surface area contributed by atoms with Gasteiger partial charge in [0.1, 0.15) is 0 Å². The van der Waals surface area contributed by atoms with Crippen LogP contribution in [0.15, 0.2) is 18.3 Å². The van der Waals surface area contributed by atoms with Gasteiger partial charge < -0.3 is 4.74 Å². The van der Waals surface area contributed by atoms with Crippen LogP contribution in [0.5, 0.6) is 0 Å². The predicted octanol–water partition coefficient (Wildman–Crippen LogP) is 2.06. The van der Waals surface area contributed by atoms with Crippen LogP contribution in [0.3, 0.4) is 0 Å². The summed E-state index contributed by atoms with van der Waals surface area (Å²) in [4.78, 5) is 15.7. The van der Waals surface area contributed by atoms with E-state index in [1.165, 1.54) is 5.56 Å². The fraction of sp³-hybridized carbons (Fsp3) is 0.500. The lowest BCUT2D eigenvalue weighted by molar-refractivity contribution is -0.144. The van der Waals surface area contributed by atoms with E-state index in [1.807, 2.05) is 26.0 Å². The van der Waals surface area contributed by atoms with Crippen LogP contribution >= 0.6 is 0 Å². The second kappa shape index (κ2) is 4.01. The molecule has 0 saturated heterocycles. The van der Waals surface area contributed by atoms with Crippen LogP contribution in [0.4, 0.5) is 0 Å². The molecule has 80 valence electrons. The summed E-state index contributed by atoms with van der Waals surface area (Å²) in [5.41, 5.74) is 2.21. The zero-order valence-corrected chi connectivity index (χ0v) is 9.06. The highest BCUT2D eigenvalue weighted by Crippen LogP contribution is 2.47. The average Bonchev–Trinajstić information content (AvgIpc) is 2.97. The van der Waals surface area contributed by atoms with Crippen LogP contribution in [-0.2, 0) is 9.53 Å². The first-order valence-electron chi connectivity index (χ1n) is 5.31. The van der Waals surface area contributed by atoms with E-state index in [1.54, 1.807) is 6.20 Å². The van der Waals surface area contributed by atoms with Crippen molar-refractivity contribution < 1.29 is 9.53 Å². The third kappa shape index (κ3) is 2.17. The molecular formula is C12H15NO2. The number of aryl methyl sites for hydroxylation is 1. The van der Waals surface area contributed by atoms with Gasteiger partial charge in [-0.05, 0) is 38.0 Å². The van der Waals surface area contributed by atoms with Crippen molar-refractivity contribution in [3.8, 4) is 0 Å². The minimum atomic E-state index is -0.0780. The summed E-state index contributed by atoms with van der Waals surface area (Å²) in [6.07, 6.45) is 2.68. The Morgan fingerprint density at radius 1 is 1.67 bits per heavy atom. The number of carbonyl (C=O) groups is 1. The summed E-state index contributed by atoms with van der Waals surface area (Å²) >= 11 is 0. The predicted molar refractivity (Wildman–Crippen MR) is 56.5 cm³/mol. The van der Waals surface area contributed by atoms with Gasteiger partial charge in [0, 0.05) is 17.8 Å². The van der Waals surface area contributed by atoms with Crippen molar-refractivity contribution in [2.45, 2.75) is 26.2 Å². The molecule has 15 heavy (non-hydrogen) atoms. The molecule has 0 spiro atoms. The first-order valence-corrected chi connectivity index (χ1v) is 5.31. The highest BCUT2D eigenvalue weighted by Gasteiger charge is 2.46. The maximum absolute atomic E-state index is 11.4. The molecule has 1 heterocycles. The van der Waals surface area contributed by atoms with Crippen molar-refractivity contribution in [1.82, 2.24) is 4.98 Å². The Hall–Kier alpha value is -1.38. The number of ether oxygens (including phenoxy) is 1. The Labute approximate surface area is 89.5 Å². The van der Waals surface area contributed by atoms with Crippen molar-refractivity contribution in [2.24, 2.45) is 5.92 Å². The standard InChI is InChI=1S/C12H15NO2/c1-3-15-12(14)10-7-9(10)11-6-8(2)4-5-13-11/h4-6,9-10H,3,7H2,1-2H3. The molecule has 0 aromatic carbocycles. The van der Waals surface area contributed by atoms with Crippen LogP contribution in [0, 0.1) is 12.8 Å². The molecule has 0 amide bonds. The maximum Gasteiger partial charge on any atom is 0.309 e. The van der Waals surface area contributed by atoms with Crippen LogP contribution < -0.4 is 0 Å². The Morgan fingerprint density at radius 3 is 3.13 bits per heavy atom. The zero-order valence-electron chi connectivity index (χ0n) is 9.06. The normalized spacial score (nSPS) is 23.6. The van der Waals surface area contributed by atoms with E-state index < -0.39 is 0 Å². The first kappa shape index (κ1) is 10.1. The largest absolute Gasteiger partial charge is 0.466 e. The van der Waals surface area contributed by atoms with Gasteiger partial charge in [0.15, 0.2) is 0 Å². The lowest BCUT2D eigenvalue weighted by Crippen LogP contribution is -2.07. The van der Waals surface area contributed by atoms with Crippen LogP contribution in [0.25, 0.3) is 0 Å². The number of hydrogen-bond donors (Lipinski definition) is 0. The Morgan fingerprint density at radius 2 is 2.47 bits per heavy atom. The third-order valence-electron chi connectivity index (χ3n) is 2.70. The summed E-state index contributed by atoms with van der Waals surface area (Å²) in [5.74, 6) is 0.244. The first-order chi connectivity index (χ1) is 7.22. The van der Waals surface area contributed by atoms with Gasteiger partial charge in [-0.15, -0.1) is 0 Å². The molecule has 1 aromatic heterocycles. The molecule has 0 bridgehead atoms. The number of rotatable bonds is 3. The topological polar surface area (TPSA) is 39.2 Å². The van der Waals surface area contributed by atoms with E-state index in [9.17, 15) is 4.79 Å². The van der Waals surface area contributed by atoms with E-state index in [-0.39, 0.29) is 17.8 Å². The van der Waals surface area contributed by atoms with E-state index in [2.05, 4.69) is 4.98 Å². The van der Waals surface area contributed by atoms with Crippen molar-refractivity contribution >= 4 is 5.97 Å². The molecule has 0 aliphatic heterocycles.